The number of aliphatic hydroxyl groups is 1. The molecule has 176 valence electrons. The van der Waals surface area contributed by atoms with E-state index in [1.807, 2.05) is 6.08 Å². The summed E-state index contributed by atoms with van der Waals surface area (Å²) in [6.07, 6.45) is 18.0. The van der Waals surface area contributed by atoms with E-state index in [4.69, 9.17) is 11.1 Å². The van der Waals surface area contributed by atoms with Crippen LogP contribution in [-0.2, 0) is 4.79 Å². The van der Waals surface area contributed by atoms with Gasteiger partial charge in [-0.3, -0.25) is 4.79 Å². The number of unbranched alkanes of at least 4 members (excludes halogenated alkanes) is 1. The van der Waals surface area contributed by atoms with E-state index < -0.39 is 6.10 Å². The second-order valence-corrected chi connectivity index (χ2v) is 8.46. The molecule has 0 saturated carbocycles. The van der Waals surface area contributed by atoms with Crippen LogP contribution in [0.5, 0.6) is 0 Å². The quantitative estimate of drug-likeness (QED) is 0.181. The predicted octanol–water partition coefficient (Wildman–Crippen LogP) is 2.59. The number of piperidine rings is 1. The lowest BCUT2D eigenvalue weighted by Crippen LogP contribution is -2.43. The molecule has 2 aliphatic rings. The number of allylic oxidation sites excluding steroid dienone is 6. The number of rotatable bonds is 12. The summed E-state index contributed by atoms with van der Waals surface area (Å²) >= 11 is 0. The molecule has 7 heteroatoms. The molecule has 6 N–H and O–H groups in total. The fourth-order valence-corrected chi connectivity index (χ4v) is 4.12. The number of nitrogens with zero attached hydrogens (tertiary/aromatic N) is 1. The van der Waals surface area contributed by atoms with Gasteiger partial charge in [0.15, 0.2) is 0 Å². The molecule has 1 amide bonds. The summed E-state index contributed by atoms with van der Waals surface area (Å²) in [5.74, 6) is 0.819. The second-order valence-electron chi connectivity index (χ2n) is 8.46. The van der Waals surface area contributed by atoms with Gasteiger partial charge in [0.2, 0.25) is 0 Å². The van der Waals surface area contributed by atoms with E-state index in [2.05, 4.69) is 46.8 Å². The van der Waals surface area contributed by atoms with Crippen LogP contribution in [0.4, 0.5) is 0 Å². The lowest BCUT2D eigenvalue weighted by atomic mass is 9.82. The molecular weight excluding hydrogens is 402 g/mol. The summed E-state index contributed by atoms with van der Waals surface area (Å²) < 4.78 is 0. The zero-order valence-corrected chi connectivity index (χ0v) is 19.4. The number of likely N-dealkylation sites (tertiary alicyclic amines) is 1. The normalized spacial score (nSPS) is 22.9. The zero-order chi connectivity index (χ0) is 23.3. The molecular formula is C25H39N5O2. The fourth-order valence-electron chi connectivity index (χ4n) is 4.12. The summed E-state index contributed by atoms with van der Waals surface area (Å²) in [7, 11) is 0. The van der Waals surface area contributed by atoms with Gasteiger partial charge >= 0.3 is 0 Å². The van der Waals surface area contributed by atoms with Crippen molar-refractivity contribution in [2.45, 2.75) is 45.6 Å². The van der Waals surface area contributed by atoms with E-state index >= 15 is 0 Å². The Bertz CT molecular complexity index is 781. The minimum absolute atomic E-state index is 0.256. The van der Waals surface area contributed by atoms with Gasteiger partial charge in [0.05, 0.1) is 11.7 Å². The maximum absolute atomic E-state index is 12.6. The van der Waals surface area contributed by atoms with E-state index in [1.54, 1.807) is 13.0 Å². The number of fused-ring (bicyclic) bond motifs is 1. The number of carbonyl (C=O) groups is 1. The molecule has 0 radical (unpaired) electrons. The monoisotopic (exact) mass is 441 g/mol. The SMILES string of the molecule is CCC/C=C(\C=C/N)N/C(C)=C(\C=N)C(=O)NCCC(O)CN1CCC2C=CC=CC2C1. The highest BCUT2D eigenvalue weighted by Gasteiger charge is 2.27. The number of carbonyl (C=O) groups excluding carboxylic acids is 1. The third-order valence-electron chi connectivity index (χ3n) is 5.91. The van der Waals surface area contributed by atoms with Gasteiger partial charge in [0, 0.05) is 37.2 Å². The topological polar surface area (TPSA) is 114 Å². The van der Waals surface area contributed by atoms with Crippen LogP contribution in [0.2, 0.25) is 0 Å². The Kier molecular flexibility index (Phi) is 11.0. The van der Waals surface area contributed by atoms with Crippen LogP contribution in [0.3, 0.4) is 0 Å². The van der Waals surface area contributed by atoms with Crippen molar-refractivity contribution in [1.29, 1.82) is 5.41 Å². The first-order chi connectivity index (χ1) is 15.5. The number of nitrogens with two attached hydrogens (primary N) is 1. The molecule has 0 spiro atoms. The largest absolute Gasteiger partial charge is 0.405 e. The van der Waals surface area contributed by atoms with Crippen molar-refractivity contribution in [3.63, 3.8) is 0 Å². The van der Waals surface area contributed by atoms with Gasteiger partial charge in [-0.1, -0.05) is 43.7 Å². The van der Waals surface area contributed by atoms with Gasteiger partial charge in [-0.25, -0.2) is 0 Å². The smallest absolute Gasteiger partial charge is 0.254 e. The summed E-state index contributed by atoms with van der Waals surface area (Å²) in [5.41, 5.74) is 7.13. The maximum atomic E-state index is 12.6. The van der Waals surface area contributed by atoms with Gasteiger partial charge in [-0.2, -0.15) is 0 Å². The van der Waals surface area contributed by atoms with Crippen molar-refractivity contribution < 1.29 is 9.90 Å². The Labute approximate surface area is 192 Å². The molecule has 1 aliphatic carbocycles. The molecule has 7 nitrogen and oxygen atoms in total. The first-order valence-corrected chi connectivity index (χ1v) is 11.6. The minimum Gasteiger partial charge on any atom is -0.405 e. The first-order valence-electron chi connectivity index (χ1n) is 11.6. The molecule has 2 rings (SSSR count). The van der Waals surface area contributed by atoms with Gasteiger partial charge < -0.3 is 31.8 Å². The van der Waals surface area contributed by atoms with Crippen molar-refractivity contribution in [2.75, 3.05) is 26.2 Å². The Balaban J connectivity index is 1.80. The number of amides is 1. The lowest BCUT2D eigenvalue weighted by Gasteiger charge is -2.38. The second kappa shape index (κ2) is 13.7. The van der Waals surface area contributed by atoms with Crippen LogP contribution < -0.4 is 16.4 Å². The number of hydrogen-bond acceptors (Lipinski definition) is 6. The van der Waals surface area contributed by atoms with Crippen molar-refractivity contribution in [1.82, 2.24) is 15.5 Å². The fraction of sp³-hybridized carbons (Fsp3) is 0.520. The van der Waals surface area contributed by atoms with Crippen LogP contribution >= 0.6 is 0 Å². The van der Waals surface area contributed by atoms with Gasteiger partial charge in [0.1, 0.15) is 0 Å². The number of nitrogens with one attached hydrogen (secondary N) is 3. The highest BCUT2D eigenvalue weighted by Crippen LogP contribution is 2.28. The molecule has 1 aliphatic heterocycles. The molecule has 1 fully saturated rings. The Hall–Kier alpha value is -2.64. The average molecular weight is 442 g/mol. The van der Waals surface area contributed by atoms with E-state index in [-0.39, 0.29) is 11.5 Å². The third-order valence-corrected chi connectivity index (χ3v) is 5.91. The van der Waals surface area contributed by atoms with Crippen molar-refractivity contribution in [2.24, 2.45) is 17.6 Å². The standard InChI is InChI=1S/C25H39N5O2/c1-3-4-9-22(10-13-26)29-19(2)24(16-27)25(32)28-14-11-23(31)18-30-15-12-20-7-5-6-8-21(20)17-30/h5-10,13,16,20-21,23,27,29,31H,3-4,11-12,14-15,17-18,26H2,1-2H3,(H,28,32)/b13-10-,22-9+,24-19+,27-16?. The Morgan fingerprint density at radius 3 is 2.78 bits per heavy atom. The molecule has 0 aromatic heterocycles. The highest BCUT2D eigenvalue weighted by atomic mass is 16.3. The van der Waals surface area contributed by atoms with Crippen LogP contribution in [0.15, 0.2) is 59.6 Å². The van der Waals surface area contributed by atoms with Crippen LogP contribution in [0.25, 0.3) is 0 Å². The van der Waals surface area contributed by atoms with Gasteiger partial charge in [-0.05, 0) is 56.8 Å². The number of aliphatic hydroxyl groups excluding tert-OH is 1. The van der Waals surface area contributed by atoms with Crippen molar-refractivity contribution in [3.05, 3.63) is 59.6 Å². The number of hydrogen-bond donors (Lipinski definition) is 5. The van der Waals surface area contributed by atoms with Gasteiger partial charge in [0.25, 0.3) is 5.91 Å². The first kappa shape index (κ1) is 25.6. The predicted molar refractivity (Wildman–Crippen MR) is 131 cm³/mol. The summed E-state index contributed by atoms with van der Waals surface area (Å²) in [4.78, 5) is 14.9. The molecule has 1 heterocycles. The van der Waals surface area contributed by atoms with E-state index in [0.717, 1.165) is 44.3 Å². The molecule has 32 heavy (non-hydrogen) atoms. The minimum atomic E-state index is -0.500. The molecule has 0 bridgehead atoms. The van der Waals surface area contributed by atoms with E-state index in [9.17, 15) is 9.90 Å². The third kappa shape index (κ3) is 8.13. The molecule has 1 saturated heterocycles. The number of β-amino-alcohol motifs (C(OH)–C–C–N with tert-alkyl or cyclic N) is 1. The maximum Gasteiger partial charge on any atom is 0.254 e. The van der Waals surface area contributed by atoms with Crippen LogP contribution in [0.1, 0.15) is 39.5 Å². The molecule has 3 atom stereocenters. The van der Waals surface area contributed by atoms with Gasteiger partial charge in [-0.15, -0.1) is 0 Å². The van der Waals surface area contributed by atoms with Crippen LogP contribution in [0, 0.1) is 17.2 Å². The lowest BCUT2D eigenvalue weighted by molar-refractivity contribution is -0.117. The zero-order valence-electron chi connectivity index (χ0n) is 19.4. The molecule has 0 aromatic rings. The summed E-state index contributed by atoms with van der Waals surface area (Å²) in [6, 6.07) is 0. The molecule has 3 unspecified atom stereocenters. The van der Waals surface area contributed by atoms with Crippen molar-refractivity contribution in [3.8, 4) is 0 Å². The van der Waals surface area contributed by atoms with E-state index in [1.165, 1.54) is 6.20 Å². The summed E-state index contributed by atoms with van der Waals surface area (Å²) in [6.45, 7) is 6.76. The average Bonchev–Trinajstić information content (AvgIpc) is 2.78. The van der Waals surface area contributed by atoms with E-state index in [0.29, 0.717) is 37.0 Å². The highest BCUT2D eigenvalue weighted by molar-refractivity contribution is 6.11. The Morgan fingerprint density at radius 1 is 1.34 bits per heavy atom. The molecule has 0 aromatic carbocycles. The van der Waals surface area contributed by atoms with Crippen LogP contribution in [-0.4, -0.2) is 54.4 Å². The van der Waals surface area contributed by atoms with Crippen molar-refractivity contribution >= 4 is 12.1 Å². The Morgan fingerprint density at radius 2 is 2.09 bits per heavy atom. The summed E-state index contributed by atoms with van der Waals surface area (Å²) in [5, 5.41) is 24.1.